The van der Waals surface area contributed by atoms with Crippen molar-refractivity contribution in [3.05, 3.63) is 28.2 Å². The van der Waals surface area contributed by atoms with E-state index in [2.05, 4.69) is 40.7 Å². The third kappa shape index (κ3) is 3.35. The summed E-state index contributed by atoms with van der Waals surface area (Å²) in [6, 6.07) is 6.68. The Hall–Kier alpha value is -1.03. The van der Waals surface area contributed by atoms with Crippen LogP contribution in [0.4, 0.5) is 5.69 Å². The van der Waals surface area contributed by atoms with Crippen molar-refractivity contribution in [1.82, 2.24) is 0 Å². The van der Waals surface area contributed by atoms with Crippen molar-refractivity contribution in [2.24, 2.45) is 11.7 Å². The highest BCUT2D eigenvalue weighted by Crippen LogP contribution is 2.34. The summed E-state index contributed by atoms with van der Waals surface area (Å²) in [6.45, 7) is 5.50. The molecule has 0 spiro atoms. The molecule has 1 saturated carbocycles. The number of rotatable bonds is 5. The standard InChI is InChI=1S/C16H24BrN3/c1-11(2)10-20(12-6-3-4-7-12)14-9-5-8-13(17)15(14)16(18)19/h5,8-9,11-12H,3-4,6-7,10H2,1-2H3,(H3,18,19). The van der Waals surface area contributed by atoms with Crippen LogP contribution in [0.25, 0.3) is 0 Å². The molecule has 0 heterocycles. The van der Waals surface area contributed by atoms with Crippen LogP contribution in [0.3, 0.4) is 0 Å². The lowest BCUT2D eigenvalue weighted by atomic mass is 10.1. The third-order valence-electron chi connectivity index (χ3n) is 3.90. The van der Waals surface area contributed by atoms with Gasteiger partial charge in [-0.15, -0.1) is 0 Å². The molecule has 3 N–H and O–H groups in total. The van der Waals surface area contributed by atoms with E-state index in [1.807, 2.05) is 12.1 Å². The monoisotopic (exact) mass is 337 g/mol. The van der Waals surface area contributed by atoms with Crippen LogP contribution < -0.4 is 10.6 Å². The van der Waals surface area contributed by atoms with Gasteiger partial charge in [0, 0.05) is 22.7 Å². The minimum Gasteiger partial charge on any atom is -0.384 e. The van der Waals surface area contributed by atoms with Gasteiger partial charge in [0.05, 0.1) is 5.56 Å². The Bertz CT molecular complexity index is 479. The first-order valence-electron chi connectivity index (χ1n) is 7.40. The fourth-order valence-corrected chi connectivity index (χ4v) is 3.64. The van der Waals surface area contributed by atoms with Crippen LogP contribution in [-0.4, -0.2) is 18.4 Å². The summed E-state index contributed by atoms with van der Waals surface area (Å²) in [5.74, 6) is 0.730. The molecule has 1 aromatic carbocycles. The van der Waals surface area contributed by atoms with E-state index in [1.165, 1.54) is 25.7 Å². The van der Waals surface area contributed by atoms with Crippen molar-refractivity contribution in [2.45, 2.75) is 45.6 Å². The van der Waals surface area contributed by atoms with Crippen LogP contribution in [0.5, 0.6) is 0 Å². The van der Waals surface area contributed by atoms with Gasteiger partial charge in [-0.3, -0.25) is 5.41 Å². The summed E-state index contributed by atoms with van der Waals surface area (Å²) >= 11 is 3.54. The summed E-state index contributed by atoms with van der Waals surface area (Å²) < 4.78 is 0.911. The molecule has 0 atom stereocenters. The lowest BCUT2D eigenvalue weighted by molar-refractivity contribution is 0.535. The molecule has 110 valence electrons. The SMILES string of the molecule is CC(C)CN(c1cccc(Br)c1C(=N)N)C1CCCC1. The van der Waals surface area contributed by atoms with Gasteiger partial charge in [-0.1, -0.05) is 32.8 Å². The van der Waals surface area contributed by atoms with Gasteiger partial charge in [0.2, 0.25) is 0 Å². The van der Waals surface area contributed by atoms with Crippen LogP contribution in [-0.2, 0) is 0 Å². The van der Waals surface area contributed by atoms with Crippen LogP contribution in [0.15, 0.2) is 22.7 Å². The Morgan fingerprint density at radius 2 is 2.05 bits per heavy atom. The molecule has 2 rings (SSSR count). The Balaban J connectivity index is 2.42. The number of anilines is 1. The van der Waals surface area contributed by atoms with Gasteiger partial charge in [-0.05, 0) is 46.8 Å². The summed E-state index contributed by atoms with van der Waals surface area (Å²) in [4.78, 5) is 2.47. The van der Waals surface area contributed by atoms with Crippen LogP contribution in [0.2, 0.25) is 0 Å². The largest absolute Gasteiger partial charge is 0.384 e. The summed E-state index contributed by atoms with van der Waals surface area (Å²) in [6.07, 6.45) is 5.11. The fraction of sp³-hybridized carbons (Fsp3) is 0.562. The van der Waals surface area contributed by atoms with E-state index < -0.39 is 0 Å². The van der Waals surface area contributed by atoms with Crippen molar-refractivity contribution in [2.75, 3.05) is 11.4 Å². The molecule has 4 heteroatoms. The smallest absolute Gasteiger partial charge is 0.126 e. The van der Waals surface area contributed by atoms with Crippen molar-refractivity contribution < 1.29 is 0 Å². The number of halogens is 1. The third-order valence-corrected chi connectivity index (χ3v) is 4.56. The first-order valence-corrected chi connectivity index (χ1v) is 8.19. The van der Waals surface area contributed by atoms with E-state index in [4.69, 9.17) is 11.1 Å². The topological polar surface area (TPSA) is 53.1 Å². The van der Waals surface area contributed by atoms with Gasteiger partial charge in [0.25, 0.3) is 0 Å². The maximum Gasteiger partial charge on any atom is 0.126 e. The van der Waals surface area contributed by atoms with Crippen LogP contribution in [0.1, 0.15) is 45.1 Å². The Morgan fingerprint density at radius 1 is 1.40 bits per heavy atom. The highest BCUT2D eigenvalue weighted by Gasteiger charge is 2.26. The molecule has 1 aromatic rings. The van der Waals surface area contributed by atoms with Gasteiger partial charge in [0.15, 0.2) is 0 Å². The molecule has 3 nitrogen and oxygen atoms in total. The van der Waals surface area contributed by atoms with Crippen LogP contribution >= 0.6 is 15.9 Å². The van der Waals surface area contributed by atoms with Crippen LogP contribution in [0, 0.1) is 11.3 Å². The molecular weight excluding hydrogens is 314 g/mol. The number of nitrogens with zero attached hydrogens (tertiary/aromatic N) is 1. The van der Waals surface area contributed by atoms with Gasteiger partial charge in [-0.2, -0.15) is 0 Å². The van der Waals surface area contributed by atoms with Gasteiger partial charge in [0.1, 0.15) is 5.84 Å². The number of benzene rings is 1. The van der Waals surface area contributed by atoms with Crippen molar-refractivity contribution in [3.8, 4) is 0 Å². The zero-order valence-electron chi connectivity index (χ0n) is 12.3. The highest BCUT2D eigenvalue weighted by molar-refractivity contribution is 9.10. The molecule has 1 fully saturated rings. The molecule has 0 aliphatic heterocycles. The average Bonchev–Trinajstić information content (AvgIpc) is 2.88. The second-order valence-electron chi connectivity index (χ2n) is 6.03. The molecule has 20 heavy (non-hydrogen) atoms. The second kappa shape index (κ2) is 6.61. The number of nitrogen functional groups attached to an aromatic ring is 1. The number of hydrogen-bond acceptors (Lipinski definition) is 2. The van der Waals surface area contributed by atoms with Crippen molar-refractivity contribution in [1.29, 1.82) is 5.41 Å². The summed E-state index contributed by atoms with van der Waals surface area (Å²) in [7, 11) is 0. The van der Waals surface area contributed by atoms with Crippen molar-refractivity contribution >= 4 is 27.5 Å². The normalized spacial score (nSPS) is 15.8. The average molecular weight is 338 g/mol. The lowest BCUT2D eigenvalue weighted by Gasteiger charge is -2.34. The molecule has 0 saturated heterocycles. The predicted octanol–water partition coefficient (Wildman–Crippen LogP) is 4.14. The van der Waals surface area contributed by atoms with Crippen molar-refractivity contribution in [3.63, 3.8) is 0 Å². The quantitative estimate of drug-likeness (QED) is 0.626. The number of amidine groups is 1. The molecule has 0 radical (unpaired) electrons. The highest BCUT2D eigenvalue weighted by atomic mass is 79.9. The molecule has 1 aliphatic rings. The molecule has 0 unspecified atom stereocenters. The number of hydrogen-bond donors (Lipinski definition) is 2. The molecule has 0 amide bonds. The van der Waals surface area contributed by atoms with Gasteiger partial charge >= 0.3 is 0 Å². The Kier molecular flexibility index (Phi) is 5.08. The van der Waals surface area contributed by atoms with E-state index in [0.29, 0.717) is 12.0 Å². The first-order chi connectivity index (χ1) is 9.50. The second-order valence-corrected chi connectivity index (χ2v) is 6.89. The summed E-state index contributed by atoms with van der Waals surface area (Å²) in [5, 5.41) is 7.88. The van der Waals surface area contributed by atoms with E-state index in [0.717, 1.165) is 22.3 Å². The Morgan fingerprint density at radius 3 is 2.60 bits per heavy atom. The van der Waals surface area contributed by atoms with E-state index in [-0.39, 0.29) is 5.84 Å². The zero-order chi connectivity index (χ0) is 14.7. The predicted molar refractivity (Wildman–Crippen MR) is 89.6 cm³/mol. The first kappa shape index (κ1) is 15.4. The maximum absolute atomic E-state index is 7.88. The maximum atomic E-state index is 7.88. The minimum atomic E-state index is 0.138. The lowest BCUT2D eigenvalue weighted by Crippen LogP contribution is -2.37. The molecule has 0 aromatic heterocycles. The van der Waals surface area contributed by atoms with E-state index in [1.54, 1.807) is 0 Å². The van der Waals surface area contributed by atoms with Gasteiger partial charge < -0.3 is 10.6 Å². The Labute approximate surface area is 130 Å². The zero-order valence-corrected chi connectivity index (χ0v) is 13.9. The number of nitrogens with two attached hydrogens (primary N) is 1. The van der Waals surface area contributed by atoms with E-state index in [9.17, 15) is 0 Å². The molecular formula is C16H24BrN3. The molecule has 1 aliphatic carbocycles. The van der Waals surface area contributed by atoms with Gasteiger partial charge in [-0.25, -0.2) is 0 Å². The van der Waals surface area contributed by atoms with E-state index >= 15 is 0 Å². The fourth-order valence-electron chi connectivity index (χ4n) is 3.07. The summed E-state index contributed by atoms with van der Waals surface area (Å²) in [5.41, 5.74) is 7.75. The number of nitrogens with one attached hydrogen (secondary N) is 1. The molecule has 0 bridgehead atoms. The minimum absolute atomic E-state index is 0.138.